The van der Waals surface area contributed by atoms with Crippen LogP contribution in [-0.2, 0) is 0 Å². The quantitative estimate of drug-likeness (QED) is 0.493. The average Bonchev–Trinajstić information content (AvgIpc) is 3.45. The zero-order chi connectivity index (χ0) is 19.7. The van der Waals surface area contributed by atoms with E-state index in [1.807, 2.05) is 6.92 Å². The highest BCUT2D eigenvalue weighted by atomic mass is 19.1. The highest BCUT2D eigenvalue weighted by Crippen LogP contribution is 2.33. The number of hydrogen-bond acceptors (Lipinski definition) is 5. The lowest BCUT2D eigenvalue weighted by Crippen LogP contribution is -2.09. The van der Waals surface area contributed by atoms with E-state index in [2.05, 4.69) is 10.2 Å². The summed E-state index contributed by atoms with van der Waals surface area (Å²) in [5.41, 5.74) is 7.43. The third kappa shape index (κ3) is 3.74. The van der Waals surface area contributed by atoms with Crippen molar-refractivity contribution in [2.45, 2.75) is 32.3 Å². The molecule has 3 aromatic rings. The van der Waals surface area contributed by atoms with Gasteiger partial charge >= 0.3 is 0 Å². The van der Waals surface area contributed by atoms with Crippen LogP contribution in [0.3, 0.4) is 0 Å². The molecule has 2 aromatic carbocycles. The van der Waals surface area contributed by atoms with Crippen molar-refractivity contribution in [2.75, 3.05) is 5.73 Å². The molecule has 1 heterocycles. The average molecular weight is 380 g/mol. The molecule has 2 N–H and O–H groups in total. The monoisotopic (exact) mass is 380 g/mol. The third-order valence-corrected chi connectivity index (χ3v) is 4.79. The molecule has 1 unspecified atom stereocenters. The Kier molecular flexibility index (Phi) is 4.81. The van der Waals surface area contributed by atoms with Crippen molar-refractivity contribution in [3.63, 3.8) is 0 Å². The Bertz CT molecular complexity index is 996. The number of nitrogens with two attached hydrogens (primary N) is 1. The first-order valence-corrected chi connectivity index (χ1v) is 9.33. The van der Waals surface area contributed by atoms with Gasteiger partial charge in [-0.15, -0.1) is 5.10 Å². The summed E-state index contributed by atoms with van der Waals surface area (Å²) in [5, 5.41) is 8.62. The molecule has 1 saturated carbocycles. The van der Waals surface area contributed by atoms with Crippen LogP contribution < -0.4 is 10.5 Å². The number of ketones is 1. The number of hydrogen-bond donors (Lipinski definition) is 1. The summed E-state index contributed by atoms with van der Waals surface area (Å²) in [7, 11) is 0. The molecule has 0 radical (unpaired) electrons. The van der Waals surface area contributed by atoms with Crippen LogP contribution in [0.5, 0.6) is 5.75 Å². The van der Waals surface area contributed by atoms with Gasteiger partial charge in [-0.25, -0.2) is 4.39 Å². The van der Waals surface area contributed by atoms with E-state index >= 15 is 0 Å². The molecule has 0 aliphatic heterocycles. The van der Waals surface area contributed by atoms with Crippen molar-refractivity contribution in [1.29, 1.82) is 0 Å². The van der Waals surface area contributed by atoms with Gasteiger partial charge in [0.15, 0.2) is 5.78 Å². The topological polar surface area (TPSA) is 83.0 Å². The molecule has 0 bridgehead atoms. The lowest BCUT2D eigenvalue weighted by molar-refractivity contribution is 0.0967. The molecular formula is C21H21FN4O2. The third-order valence-electron chi connectivity index (χ3n) is 4.79. The van der Waals surface area contributed by atoms with Gasteiger partial charge in [-0.1, -0.05) is 6.92 Å². The summed E-state index contributed by atoms with van der Waals surface area (Å²) in [6, 6.07) is 11.6. The second-order valence-electron chi connectivity index (χ2n) is 6.94. The van der Waals surface area contributed by atoms with Crippen LogP contribution in [0.15, 0.2) is 48.7 Å². The van der Waals surface area contributed by atoms with Gasteiger partial charge < -0.3 is 10.5 Å². The standard InChI is InChI=1S/C21H21FN4O2/c1-2-20(28-16-8-5-14(6-9-16)21(27)13-3-4-13)19-12-24-26(25-19)15-7-10-18(23)17(22)11-15/h5-13,20H,2-4,23H2,1H3. The number of benzene rings is 2. The minimum absolute atomic E-state index is 0.0783. The second kappa shape index (κ2) is 7.42. The van der Waals surface area contributed by atoms with Crippen LogP contribution in [0.1, 0.15) is 48.3 Å². The van der Waals surface area contributed by atoms with Crippen molar-refractivity contribution < 1.29 is 13.9 Å². The molecule has 144 valence electrons. The predicted octanol–water partition coefficient (Wildman–Crippen LogP) is 4.11. The number of aromatic nitrogens is 3. The smallest absolute Gasteiger partial charge is 0.165 e. The van der Waals surface area contributed by atoms with Crippen LogP contribution in [0.2, 0.25) is 0 Å². The van der Waals surface area contributed by atoms with E-state index in [4.69, 9.17) is 10.5 Å². The molecule has 1 aliphatic rings. The van der Waals surface area contributed by atoms with E-state index < -0.39 is 5.82 Å². The number of carbonyl (C=O) groups excluding carboxylic acids is 1. The molecule has 4 rings (SSSR count). The highest BCUT2D eigenvalue weighted by Gasteiger charge is 2.30. The summed E-state index contributed by atoms with van der Waals surface area (Å²) in [4.78, 5) is 13.5. The number of Topliss-reactive ketones (excluding diaryl/α,β-unsaturated/α-hetero) is 1. The first-order chi connectivity index (χ1) is 13.5. The Morgan fingerprint density at radius 2 is 2.04 bits per heavy atom. The molecule has 28 heavy (non-hydrogen) atoms. The molecule has 0 spiro atoms. The van der Waals surface area contributed by atoms with Gasteiger partial charge in [-0.2, -0.15) is 9.90 Å². The Hall–Kier alpha value is -3.22. The summed E-state index contributed by atoms with van der Waals surface area (Å²) in [6.07, 6.45) is 3.95. The van der Waals surface area contributed by atoms with Crippen LogP contribution >= 0.6 is 0 Å². The minimum atomic E-state index is -0.513. The zero-order valence-electron chi connectivity index (χ0n) is 15.5. The molecule has 1 aliphatic carbocycles. The molecule has 0 saturated heterocycles. The number of nitrogen functional groups attached to an aromatic ring is 1. The van der Waals surface area contributed by atoms with Gasteiger partial charge in [-0.3, -0.25) is 4.79 Å². The zero-order valence-corrected chi connectivity index (χ0v) is 15.5. The molecule has 7 heteroatoms. The number of nitrogens with zero attached hydrogens (tertiary/aromatic N) is 3. The Morgan fingerprint density at radius 3 is 2.68 bits per heavy atom. The molecule has 1 atom stereocenters. The maximum atomic E-state index is 13.7. The lowest BCUT2D eigenvalue weighted by Gasteiger charge is -2.15. The van der Waals surface area contributed by atoms with E-state index in [1.165, 1.54) is 16.9 Å². The summed E-state index contributed by atoms with van der Waals surface area (Å²) in [5.74, 6) is 0.549. The first kappa shape index (κ1) is 18.2. The van der Waals surface area contributed by atoms with Crippen molar-refractivity contribution in [2.24, 2.45) is 5.92 Å². The lowest BCUT2D eigenvalue weighted by atomic mass is 10.1. The Labute approximate surface area is 162 Å². The van der Waals surface area contributed by atoms with Gasteiger partial charge in [-0.05, 0) is 55.7 Å². The summed E-state index contributed by atoms with van der Waals surface area (Å²) < 4.78 is 19.7. The largest absolute Gasteiger partial charge is 0.484 e. The fourth-order valence-electron chi connectivity index (χ4n) is 2.98. The number of halogens is 1. The van der Waals surface area contributed by atoms with Crippen LogP contribution in [-0.4, -0.2) is 20.8 Å². The molecule has 1 aromatic heterocycles. The van der Waals surface area contributed by atoms with E-state index in [0.717, 1.165) is 18.4 Å². The van der Waals surface area contributed by atoms with Crippen LogP contribution in [0.25, 0.3) is 5.69 Å². The summed E-state index contributed by atoms with van der Waals surface area (Å²) in [6.45, 7) is 1.98. The van der Waals surface area contributed by atoms with Crippen molar-refractivity contribution in [3.05, 3.63) is 65.7 Å². The molecule has 6 nitrogen and oxygen atoms in total. The molecule has 1 fully saturated rings. The predicted molar refractivity (Wildman–Crippen MR) is 103 cm³/mol. The number of ether oxygens (including phenoxy) is 1. The maximum Gasteiger partial charge on any atom is 0.165 e. The van der Waals surface area contributed by atoms with Crippen molar-refractivity contribution >= 4 is 11.5 Å². The molecule has 0 amide bonds. The highest BCUT2D eigenvalue weighted by molar-refractivity contribution is 5.99. The maximum absolute atomic E-state index is 13.7. The van der Waals surface area contributed by atoms with Gasteiger partial charge in [0, 0.05) is 17.5 Å². The van der Waals surface area contributed by atoms with Crippen LogP contribution in [0, 0.1) is 11.7 Å². The number of rotatable bonds is 7. The van der Waals surface area contributed by atoms with E-state index in [9.17, 15) is 9.18 Å². The fraction of sp³-hybridized carbons (Fsp3) is 0.286. The summed E-state index contributed by atoms with van der Waals surface area (Å²) >= 11 is 0. The first-order valence-electron chi connectivity index (χ1n) is 9.33. The van der Waals surface area contributed by atoms with Crippen LogP contribution in [0.4, 0.5) is 10.1 Å². The van der Waals surface area contributed by atoms with Gasteiger partial charge in [0.05, 0.1) is 17.6 Å². The van der Waals surface area contributed by atoms with E-state index in [-0.39, 0.29) is 23.5 Å². The van der Waals surface area contributed by atoms with Gasteiger partial charge in [0.1, 0.15) is 23.4 Å². The Balaban J connectivity index is 1.49. The number of anilines is 1. The van der Waals surface area contributed by atoms with E-state index in [0.29, 0.717) is 23.6 Å². The van der Waals surface area contributed by atoms with E-state index in [1.54, 1.807) is 36.5 Å². The number of carbonyl (C=O) groups is 1. The van der Waals surface area contributed by atoms with Crippen molar-refractivity contribution in [3.8, 4) is 11.4 Å². The van der Waals surface area contributed by atoms with Gasteiger partial charge in [0.2, 0.25) is 0 Å². The Morgan fingerprint density at radius 1 is 1.29 bits per heavy atom. The van der Waals surface area contributed by atoms with Crippen molar-refractivity contribution in [1.82, 2.24) is 15.0 Å². The van der Waals surface area contributed by atoms with Gasteiger partial charge in [0.25, 0.3) is 0 Å². The second-order valence-corrected chi connectivity index (χ2v) is 6.94. The SMILES string of the molecule is CCC(Oc1ccc(C(=O)C2CC2)cc1)c1cnn(-c2ccc(N)c(F)c2)n1. The molecular weight excluding hydrogens is 359 g/mol. The normalized spacial score (nSPS) is 14.6. The fourth-order valence-corrected chi connectivity index (χ4v) is 2.98. The minimum Gasteiger partial charge on any atom is -0.484 e.